The zero-order valence-corrected chi connectivity index (χ0v) is 20.7. The molecule has 0 aliphatic rings. The third-order valence-corrected chi connectivity index (χ3v) is 5.51. The molecule has 33 heavy (non-hydrogen) atoms. The first kappa shape index (κ1) is 30.7. The Bertz CT molecular complexity index is 688. The van der Waals surface area contributed by atoms with Gasteiger partial charge >= 0.3 is 11.9 Å². The number of carbonyl (C=O) groups is 5. The van der Waals surface area contributed by atoms with Crippen molar-refractivity contribution >= 4 is 41.4 Å². The molecule has 11 nitrogen and oxygen atoms in total. The van der Waals surface area contributed by atoms with Gasteiger partial charge in [0, 0.05) is 6.42 Å². The molecular weight excluding hydrogens is 452 g/mol. The highest BCUT2D eigenvalue weighted by molar-refractivity contribution is 7.98. The molecule has 0 aromatic rings. The highest BCUT2D eigenvalue weighted by Crippen LogP contribution is 2.09. The summed E-state index contributed by atoms with van der Waals surface area (Å²) in [5.74, 6) is -4.02. The number of amides is 3. The Kier molecular flexibility index (Phi) is 14.4. The lowest BCUT2D eigenvalue weighted by Gasteiger charge is -2.26. The molecule has 0 radical (unpaired) electrons. The van der Waals surface area contributed by atoms with Crippen LogP contribution < -0.4 is 21.7 Å². The first-order valence-corrected chi connectivity index (χ1v) is 12.3. The Balaban J connectivity index is 5.54. The van der Waals surface area contributed by atoms with Crippen molar-refractivity contribution in [3.63, 3.8) is 0 Å². The van der Waals surface area contributed by atoms with Crippen LogP contribution in [0.4, 0.5) is 0 Å². The van der Waals surface area contributed by atoms with Crippen LogP contribution in [-0.2, 0) is 24.0 Å². The molecule has 0 aromatic heterocycles. The maximum absolute atomic E-state index is 12.9. The largest absolute Gasteiger partial charge is 0.481 e. The van der Waals surface area contributed by atoms with Crippen molar-refractivity contribution in [1.29, 1.82) is 0 Å². The van der Waals surface area contributed by atoms with Crippen molar-refractivity contribution in [2.24, 2.45) is 17.6 Å². The van der Waals surface area contributed by atoms with Gasteiger partial charge < -0.3 is 31.9 Å². The molecule has 3 amide bonds. The van der Waals surface area contributed by atoms with Gasteiger partial charge in [0.05, 0.1) is 6.04 Å². The number of nitrogens with one attached hydrogen (secondary N) is 3. The van der Waals surface area contributed by atoms with Gasteiger partial charge in [-0.3, -0.25) is 19.2 Å². The summed E-state index contributed by atoms with van der Waals surface area (Å²) in [5.41, 5.74) is 5.86. The van der Waals surface area contributed by atoms with Gasteiger partial charge in [0.15, 0.2) is 0 Å². The van der Waals surface area contributed by atoms with E-state index in [1.165, 1.54) is 11.8 Å². The summed E-state index contributed by atoms with van der Waals surface area (Å²) in [5, 5.41) is 25.8. The fraction of sp³-hybridized carbons (Fsp3) is 0.762. The number of hydrogen-bond donors (Lipinski definition) is 6. The van der Waals surface area contributed by atoms with Crippen LogP contribution in [-0.4, -0.2) is 76.0 Å². The van der Waals surface area contributed by atoms with E-state index in [1.807, 2.05) is 6.26 Å². The molecule has 0 bridgehead atoms. The zero-order valence-electron chi connectivity index (χ0n) is 19.9. The number of rotatable bonds is 16. The van der Waals surface area contributed by atoms with Crippen molar-refractivity contribution in [2.45, 2.75) is 77.5 Å². The molecule has 0 aliphatic carbocycles. The third kappa shape index (κ3) is 12.5. The molecule has 0 saturated carbocycles. The van der Waals surface area contributed by atoms with Crippen LogP contribution in [0.25, 0.3) is 0 Å². The molecule has 0 aliphatic heterocycles. The second-order valence-corrected chi connectivity index (χ2v) is 9.62. The lowest BCUT2D eigenvalue weighted by Crippen LogP contribution is -2.57. The molecular formula is C21H38N4O7S. The van der Waals surface area contributed by atoms with Crippen molar-refractivity contribution in [3.05, 3.63) is 0 Å². The van der Waals surface area contributed by atoms with Crippen molar-refractivity contribution < 1.29 is 34.2 Å². The topological polar surface area (TPSA) is 188 Å². The monoisotopic (exact) mass is 490 g/mol. The summed E-state index contributed by atoms with van der Waals surface area (Å²) in [4.78, 5) is 60.6. The second-order valence-electron chi connectivity index (χ2n) is 8.63. The van der Waals surface area contributed by atoms with Crippen molar-refractivity contribution in [3.8, 4) is 0 Å². The van der Waals surface area contributed by atoms with Gasteiger partial charge in [-0.25, -0.2) is 4.79 Å². The predicted octanol–water partition coefficient (Wildman–Crippen LogP) is 0.173. The number of thioether (sulfide) groups is 1. The van der Waals surface area contributed by atoms with E-state index in [2.05, 4.69) is 16.0 Å². The number of aliphatic carboxylic acids is 2. The molecule has 7 N–H and O–H groups in total. The second kappa shape index (κ2) is 15.5. The van der Waals surface area contributed by atoms with E-state index in [9.17, 15) is 29.1 Å². The van der Waals surface area contributed by atoms with E-state index < -0.39 is 60.2 Å². The summed E-state index contributed by atoms with van der Waals surface area (Å²) in [6, 6.07) is -4.28. The minimum atomic E-state index is -1.28. The quantitative estimate of drug-likeness (QED) is 0.175. The summed E-state index contributed by atoms with van der Waals surface area (Å²) in [7, 11) is 0. The number of carboxylic acid groups (broad SMARTS) is 2. The molecule has 4 atom stereocenters. The van der Waals surface area contributed by atoms with E-state index >= 15 is 0 Å². The van der Waals surface area contributed by atoms with E-state index in [0.717, 1.165) is 0 Å². The molecule has 0 heterocycles. The van der Waals surface area contributed by atoms with Gasteiger partial charge in [-0.05, 0) is 43.1 Å². The molecule has 0 fully saturated rings. The van der Waals surface area contributed by atoms with Gasteiger partial charge in [-0.2, -0.15) is 11.8 Å². The summed E-state index contributed by atoms with van der Waals surface area (Å²) in [6.45, 7) is 7.13. The fourth-order valence-corrected chi connectivity index (χ4v) is 3.32. The predicted molar refractivity (Wildman–Crippen MR) is 126 cm³/mol. The van der Waals surface area contributed by atoms with Crippen LogP contribution in [0.2, 0.25) is 0 Å². The summed E-state index contributed by atoms with van der Waals surface area (Å²) in [6.07, 6.45) is 1.61. The number of hydrogen-bond acceptors (Lipinski definition) is 7. The Morgan fingerprint density at radius 2 is 1.30 bits per heavy atom. The molecule has 4 unspecified atom stereocenters. The summed E-state index contributed by atoms with van der Waals surface area (Å²) < 4.78 is 0. The molecule has 0 spiro atoms. The highest BCUT2D eigenvalue weighted by Gasteiger charge is 2.31. The van der Waals surface area contributed by atoms with Gasteiger partial charge in [-0.15, -0.1) is 0 Å². The van der Waals surface area contributed by atoms with Crippen molar-refractivity contribution in [2.75, 3.05) is 12.0 Å². The van der Waals surface area contributed by atoms with E-state index in [0.29, 0.717) is 5.75 Å². The Labute approximate surface area is 199 Å². The number of nitrogens with two attached hydrogens (primary N) is 1. The molecule has 190 valence electrons. The third-order valence-electron chi connectivity index (χ3n) is 4.87. The smallest absolute Gasteiger partial charge is 0.326 e. The van der Waals surface area contributed by atoms with Crippen LogP contribution in [0.1, 0.15) is 53.4 Å². The maximum Gasteiger partial charge on any atom is 0.326 e. The maximum atomic E-state index is 12.9. The average Bonchev–Trinajstić information content (AvgIpc) is 2.71. The van der Waals surface area contributed by atoms with Gasteiger partial charge in [0.1, 0.15) is 18.1 Å². The number of carboxylic acids is 2. The number of carbonyl (C=O) groups excluding carboxylic acids is 3. The molecule has 0 rings (SSSR count). The van der Waals surface area contributed by atoms with Crippen LogP contribution in [0, 0.1) is 11.8 Å². The van der Waals surface area contributed by atoms with Crippen LogP contribution in [0.15, 0.2) is 0 Å². The molecule has 0 saturated heterocycles. The fourth-order valence-electron chi connectivity index (χ4n) is 2.85. The van der Waals surface area contributed by atoms with Crippen LogP contribution in [0.3, 0.4) is 0 Å². The lowest BCUT2D eigenvalue weighted by atomic mass is 10.0. The van der Waals surface area contributed by atoms with Gasteiger partial charge in [0.25, 0.3) is 0 Å². The first-order chi connectivity index (χ1) is 15.3. The lowest BCUT2D eigenvalue weighted by molar-refractivity contribution is -0.143. The van der Waals surface area contributed by atoms with Crippen LogP contribution >= 0.6 is 11.8 Å². The Hall–Kier alpha value is -2.34. The van der Waals surface area contributed by atoms with Gasteiger partial charge in [0.2, 0.25) is 17.7 Å². The van der Waals surface area contributed by atoms with Crippen LogP contribution in [0.5, 0.6) is 0 Å². The Morgan fingerprint density at radius 1 is 0.818 bits per heavy atom. The van der Waals surface area contributed by atoms with E-state index in [1.54, 1.807) is 27.7 Å². The molecule has 12 heteroatoms. The van der Waals surface area contributed by atoms with Crippen molar-refractivity contribution in [1.82, 2.24) is 16.0 Å². The highest BCUT2D eigenvalue weighted by atomic mass is 32.2. The van der Waals surface area contributed by atoms with Gasteiger partial charge in [-0.1, -0.05) is 27.7 Å². The molecule has 0 aromatic carbocycles. The summed E-state index contributed by atoms with van der Waals surface area (Å²) >= 11 is 1.46. The standard InChI is InChI=1S/C21H38N4O7S/c1-11(2)10-15(21(31)32)25-18(28)13(6-7-16(26)27)23-19(29)14(8-9-33-5)24-20(30)17(22)12(3)4/h11-15,17H,6-10,22H2,1-5H3,(H,23,29)(H,24,30)(H,25,28)(H,26,27)(H,31,32). The Morgan fingerprint density at radius 3 is 1.73 bits per heavy atom. The minimum Gasteiger partial charge on any atom is -0.481 e. The van der Waals surface area contributed by atoms with E-state index in [-0.39, 0.29) is 31.1 Å². The average molecular weight is 491 g/mol. The first-order valence-electron chi connectivity index (χ1n) is 10.9. The zero-order chi connectivity index (χ0) is 25.7. The SMILES string of the molecule is CSCCC(NC(=O)C(N)C(C)C)C(=O)NC(CCC(=O)O)C(=O)NC(CC(C)C)C(=O)O. The minimum absolute atomic E-state index is 0.0187. The van der Waals surface area contributed by atoms with E-state index in [4.69, 9.17) is 10.8 Å². The normalized spacial score (nSPS) is 14.8.